The first-order valence-electron chi connectivity index (χ1n) is 7.18. The van der Waals surface area contributed by atoms with Gasteiger partial charge in [0.05, 0.1) is 0 Å². The van der Waals surface area contributed by atoms with Crippen LogP contribution in [0.2, 0.25) is 0 Å². The zero-order valence-electron chi connectivity index (χ0n) is 11.8. The smallest absolute Gasteiger partial charge is 0.252 e. The van der Waals surface area contributed by atoms with Gasteiger partial charge in [-0.25, -0.2) is 4.98 Å². The van der Waals surface area contributed by atoms with E-state index in [4.69, 9.17) is 0 Å². The molecule has 0 fully saturated rings. The molecular weight excluding hydrogens is 238 g/mol. The second-order valence-corrected chi connectivity index (χ2v) is 5.46. The molecular formula is C15H23N3O. The summed E-state index contributed by atoms with van der Waals surface area (Å²) in [6.45, 7) is 4.89. The molecule has 0 aliphatic heterocycles. The maximum Gasteiger partial charge on any atom is 0.252 e. The van der Waals surface area contributed by atoms with E-state index in [1.165, 1.54) is 37.3 Å². The van der Waals surface area contributed by atoms with Gasteiger partial charge in [-0.15, -0.1) is 0 Å². The molecule has 2 N–H and O–H groups in total. The molecule has 4 heteroatoms. The zero-order valence-corrected chi connectivity index (χ0v) is 11.8. The number of H-pyrrole nitrogens is 1. The molecule has 0 atom stereocenters. The minimum atomic E-state index is -0.0851. The quantitative estimate of drug-likeness (QED) is 0.800. The van der Waals surface area contributed by atoms with Crippen LogP contribution in [-0.4, -0.2) is 16.5 Å². The Morgan fingerprint density at radius 2 is 2.26 bits per heavy atom. The summed E-state index contributed by atoms with van der Waals surface area (Å²) in [7, 11) is 0. The third kappa shape index (κ3) is 4.23. The van der Waals surface area contributed by atoms with Crippen LogP contribution in [0.1, 0.15) is 57.7 Å². The Hall–Kier alpha value is -1.58. The van der Waals surface area contributed by atoms with Gasteiger partial charge < -0.3 is 10.3 Å². The van der Waals surface area contributed by atoms with E-state index >= 15 is 0 Å². The number of allylic oxidation sites excluding steroid dienone is 1. The fourth-order valence-corrected chi connectivity index (χ4v) is 2.32. The van der Waals surface area contributed by atoms with Crippen LogP contribution in [0, 0.1) is 0 Å². The Morgan fingerprint density at radius 3 is 2.95 bits per heavy atom. The van der Waals surface area contributed by atoms with Crippen molar-refractivity contribution in [1.82, 2.24) is 9.97 Å². The fourth-order valence-electron chi connectivity index (χ4n) is 2.32. The van der Waals surface area contributed by atoms with Gasteiger partial charge in [0.25, 0.3) is 5.56 Å². The largest absolute Gasteiger partial charge is 0.370 e. The van der Waals surface area contributed by atoms with Crippen molar-refractivity contribution in [2.45, 2.75) is 51.9 Å². The summed E-state index contributed by atoms with van der Waals surface area (Å²) in [6, 6.07) is 1.53. The van der Waals surface area contributed by atoms with Gasteiger partial charge >= 0.3 is 0 Å². The van der Waals surface area contributed by atoms with Gasteiger partial charge in [-0.3, -0.25) is 4.79 Å². The highest BCUT2D eigenvalue weighted by Gasteiger charge is 2.06. The zero-order chi connectivity index (χ0) is 13.7. The molecule has 0 amide bonds. The first-order valence-corrected chi connectivity index (χ1v) is 7.18. The molecule has 0 saturated carbocycles. The van der Waals surface area contributed by atoms with Gasteiger partial charge in [0.1, 0.15) is 11.6 Å². The number of nitrogens with one attached hydrogen (secondary N) is 2. The van der Waals surface area contributed by atoms with E-state index in [1.54, 1.807) is 0 Å². The number of hydrogen-bond donors (Lipinski definition) is 2. The van der Waals surface area contributed by atoms with Gasteiger partial charge in [-0.05, 0) is 32.1 Å². The molecule has 4 nitrogen and oxygen atoms in total. The Balaban J connectivity index is 1.92. The summed E-state index contributed by atoms with van der Waals surface area (Å²) < 4.78 is 0. The highest BCUT2D eigenvalue weighted by Crippen LogP contribution is 2.19. The number of rotatable bonds is 5. The monoisotopic (exact) mass is 261 g/mol. The molecule has 1 aliphatic carbocycles. The lowest BCUT2D eigenvalue weighted by Gasteiger charge is -2.13. The van der Waals surface area contributed by atoms with E-state index in [9.17, 15) is 4.79 Å². The van der Waals surface area contributed by atoms with Gasteiger partial charge in [0.2, 0.25) is 0 Å². The molecule has 0 radical (unpaired) electrons. The maximum atomic E-state index is 11.5. The second-order valence-electron chi connectivity index (χ2n) is 5.46. The average Bonchev–Trinajstić information content (AvgIpc) is 2.39. The van der Waals surface area contributed by atoms with E-state index in [-0.39, 0.29) is 11.5 Å². The molecule has 2 rings (SSSR count). The number of nitrogens with zero attached hydrogens (tertiary/aromatic N) is 1. The average molecular weight is 261 g/mol. The SMILES string of the molecule is CC(C)c1nc(NCCC2=CCCCC2)cc(=O)[nH]1. The van der Waals surface area contributed by atoms with Crippen molar-refractivity contribution in [2.24, 2.45) is 0 Å². The van der Waals surface area contributed by atoms with E-state index in [1.807, 2.05) is 13.8 Å². The predicted molar refractivity (Wildman–Crippen MR) is 78.6 cm³/mol. The summed E-state index contributed by atoms with van der Waals surface area (Å²) in [6.07, 6.45) is 8.48. The number of aromatic amines is 1. The Bertz CT molecular complexity index is 502. The van der Waals surface area contributed by atoms with Gasteiger partial charge in [-0.1, -0.05) is 25.5 Å². The Kier molecular flexibility index (Phi) is 4.77. The molecule has 1 aromatic rings. The molecule has 0 saturated heterocycles. The van der Waals surface area contributed by atoms with Crippen molar-refractivity contribution in [3.63, 3.8) is 0 Å². The number of anilines is 1. The predicted octanol–water partition coefficient (Wildman–Crippen LogP) is 3.20. The van der Waals surface area contributed by atoms with Crippen LogP contribution in [0.5, 0.6) is 0 Å². The highest BCUT2D eigenvalue weighted by atomic mass is 16.1. The summed E-state index contributed by atoms with van der Waals surface area (Å²) in [5.41, 5.74) is 1.45. The molecule has 0 aromatic carbocycles. The van der Waals surface area contributed by atoms with Crippen LogP contribution >= 0.6 is 0 Å². The van der Waals surface area contributed by atoms with Gasteiger partial charge in [0, 0.05) is 18.5 Å². The normalized spacial score (nSPS) is 15.4. The van der Waals surface area contributed by atoms with Crippen LogP contribution in [0.25, 0.3) is 0 Å². The van der Waals surface area contributed by atoms with E-state index < -0.39 is 0 Å². The summed E-state index contributed by atoms with van der Waals surface area (Å²) >= 11 is 0. The number of aromatic nitrogens is 2. The van der Waals surface area contributed by atoms with Crippen LogP contribution in [0.15, 0.2) is 22.5 Å². The minimum Gasteiger partial charge on any atom is -0.370 e. The van der Waals surface area contributed by atoms with Crippen LogP contribution in [0.4, 0.5) is 5.82 Å². The van der Waals surface area contributed by atoms with Gasteiger partial charge in [0.15, 0.2) is 0 Å². The molecule has 104 valence electrons. The molecule has 0 unspecified atom stereocenters. The summed E-state index contributed by atoms with van der Waals surface area (Å²) in [4.78, 5) is 18.7. The van der Waals surface area contributed by atoms with Crippen LogP contribution in [-0.2, 0) is 0 Å². The topological polar surface area (TPSA) is 57.8 Å². The van der Waals surface area contributed by atoms with Crippen molar-refractivity contribution < 1.29 is 0 Å². The van der Waals surface area contributed by atoms with Crippen LogP contribution in [0.3, 0.4) is 0 Å². The lowest BCUT2D eigenvalue weighted by atomic mass is 9.97. The lowest BCUT2D eigenvalue weighted by molar-refractivity contribution is 0.679. The van der Waals surface area contributed by atoms with Gasteiger partial charge in [-0.2, -0.15) is 0 Å². The highest BCUT2D eigenvalue weighted by molar-refractivity contribution is 5.33. The first kappa shape index (κ1) is 13.8. The molecule has 1 heterocycles. The van der Waals surface area contributed by atoms with Crippen molar-refractivity contribution >= 4 is 5.82 Å². The van der Waals surface area contributed by atoms with Crippen molar-refractivity contribution in [1.29, 1.82) is 0 Å². The van der Waals surface area contributed by atoms with E-state index in [2.05, 4.69) is 21.4 Å². The van der Waals surface area contributed by atoms with E-state index in [0.29, 0.717) is 5.82 Å². The second kappa shape index (κ2) is 6.55. The third-order valence-corrected chi connectivity index (χ3v) is 3.44. The molecule has 0 spiro atoms. The summed E-state index contributed by atoms with van der Waals surface area (Å²) in [5, 5.41) is 3.26. The van der Waals surface area contributed by atoms with Crippen molar-refractivity contribution in [3.8, 4) is 0 Å². The first-order chi connectivity index (χ1) is 9.15. The fraction of sp³-hybridized carbons (Fsp3) is 0.600. The number of hydrogen-bond acceptors (Lipinski definition) is 3. The van der Waals surface area contributed by atoms with Crippen molar-refractivity contribution in [2.75, 3.05) is 11.9 Å². The molecule has 19 heavy (non-hydrogen) atoms. The molecule has 1 aromatic heterocycles. The molecule has 1 aliphatic rings. The lowest BCUT2D eigenvalue weighted by Crippen LogP contribution is -2.15. The Morgan fingerprint density at radius 1 is 1.42 bits per heavy atom. The third-order valence-electron chi connectivity index (χ3n) is 3.44. The van der Waals surface area contributed by atoms with Crippen molar-refractivity contribution in [3.05, 3.63) is 33.9 Å². The molecule has 0 bridgehead atoms. The minimum absolute atomic E-state index is 0.0851. The maximum absolute atomic E-state index is 11.5. The van der Waals surface area contributed by atoms with E-state index in [0.717, 1.165) is 18.8 Å². The Labute approximate surface area is 114 Å². The standard InChI is InChI=1S/C15H23N3O/c1-11(2)15-17-13(10-14(19)18-15)16-9-8-12-6-4-3-5-7-12/h6,10-11H,3-5,7-9H2,1-2H3,(H2,16,17,18,19). The summed E-state index contributed by atoms with van der Waals surface area (Å²) in [5.74, 6) is 1.66. The van der Waals surface area contributed by atoms with Crippen LogP contribution < -0.4 is 10.9 Å².